The molecule has 0 N–H and O–H groups in total. The molecule has 0 bridgehead atoms. The lowest BCUT2D eigenvalue weighted by atomic mass is 10.0. The Morgan fingerprint density at radius 3 is 1.87 bits per heavy atom. The van der Waals surface area contributed by atoms with Crippen molar-refractivity contribution in [3.63, 3.8) is 0 Å². The lowest BCUT2D eigenvalue weighted by molar-refractivity contribution is 0.670. The van der Waals surface area contributed by atoms with Gasteiger partial charge in [0.1, 0.15) is 11.2 Å². The first kappa shape index (κ1) is 26.3. The highest BCUT2D eigenvalue weighted by Gasteiger charge is 2.18. The number of para-hydroxylation sites is 1. The molecular weight excluding hydrogens is 751 g/mol. The second-order valence-electron chi connectivity index (χ2n) is 14.5. The van der Waals surface area contributed by atoms with Crippen LogP contribution in [-0.4, -0.2) is 15.0 Å². The van der Waals surface area contributed by atoms with Crippen LogP contribution in [0.3, 0.4) is 0 Å². The first-order valence-electron chi connectivity index (χ1n) is 23.9. The SMILES string of the molecule is [2H]c1c([2H])c([2H])c2c(c1[2H])c([2H])c([2H])c1c2sc2c([2H])c(-c3cccc(-c4nc(-c5ccc(-c6ccccc6)cc5)nc(-c5ccc6c(c5)oc5c(-c7ccccc7)cccc56)n4)c3)c([2H])c([2H])c21. The molecule has 4 nitrogen and oxygen atoms in total. The molecule has 60 heavy (non-hydrogen) atoms. The van der Waals surface area contributed by atoms with Crippen molar-refractivity contribution in [2.24, 2.45) is 0 Å². The summed E-state index contributed by atoms with van der Waals surface area (Å²) in [7, 11) is 0. The summed E-state index contributed by atoms with van der Waals surface area (Å²) in [4.78, 5) is 15.1. The van der Waals surface area contributed by atoms with Crippen LogP contribution in [0.4, 0.5) is 0 Å². The maximum absolute atomic E-state index is 9.57. The molecule has 12 rings (SSSR count). The Balaban J connectivity index is 1.02. The predicted molar refractivity (Wildman–Crippen MR) is 250 cm³/mol. The minimum Gasteiger partial charge on any atom is -0.455 e. The van der Waals surface area contributed by atoms with Gasteiger partial charge < -0.3 is 4.42 Å². The topological polar surface area (TPSA) is 51.8 Å². The third kappa shape index (κ3) is 5.86. The molecule has 0 aliphatic heterocycles. The number of aromatic nitrogens is 3. The molecule has 9 aromatic carbocycles. The first-order valence-corrected chi connectivity index (χ1v) is 20.2. The highest BCUT2D eigenvalue weighted by molar-refractivity contribution is 7.26. The molecule has 0 saturated carbocycles. The molecule has 3 aromatic heterocycles. The fourth-order valence-corrected chi connectivity index (χ4v) is 8.97. The van der Waals surface area contributed by atoms with Crippen molar-refractivity contribution in [1.29, 1.82) is 0 Å². The standard InChI is InChI=1S/C55H33N3OS/c1-3-11-34(12-4-1)35-21-23-38(24-22-35)53-56-54(58-55(57-53)42-27-28-45-47-20-10-19-43(36-13-5-2-6-14-36)51(47)59-49(45)32-42)41-17-9-16-39(31-41)40-26-29-46-48-30-25-37-15-7-8-18-44(37)52(48)60-50(46)33-40/h1-33H/i7D,8D,15D,18D,25D,26D,29D,30D,33D. The van der Waals surface area contributed by atoms with Gasteiger partial charge in [-0.25, -0.2) is 15.0 Å². The van der Waals surface area contributed by atoms with Crippen molar-refractivity contribution in [2.75, 3.05) is 0 Å². The average molecular weight is 793 g/mol. The Morgan fingerprint density at radius 2 is 1.05 bits per heavy atom. The molecule has 5 heteroatoms. The van der Waals surface area contributed by atoms with Crippen LogP contribution in [0.2, 0.25) is 0 Å². The zero-order valence-corrected chi connectivity index (χ0v) is 32.3. The Labute approximate surface area is 362 Å². The Morgan fingerprint density at radius 1 is 0.417 bits per heavy atom. The van der Waals surface area contributed by atoms with E-state index in [1.54, 1.807) is 18.2 Å². The second kappa shape index (κ2) is 14.0. The second-order valence-corrected chi connectivity index (χ2v) is 15.5. The van der Waals surface area contributed by atoms with Crippen LogP contribution in [0, 0.1) is 0 Å². The van der Waals surface area contributed by atoms with E-state index in [1.165, 1.54) is 0 Å². The maximum Gasteiger partial charge on any atom is 0.164 e. The van der Waals surface area contributed by atoms with E-state index in [2.05, 4.69) is 36.4 Å². The number of fused-ring (bicyclic) bond motifs is 8. The molecule has 0 atom stereocenters. The monoisotopic (exact) mass is 792 g/mol. The number of rotatable bonds is 6. The summed E-state index contributed by atoms with van der Waals surface area (Å²) >= 11 is 1.03. The van der Waals surface area contributed by atoms with Gasteiger partial charge in [0.15, 0.2) is 17.5 Å². The van der Waals surface area contributed by atoms with E-state index in [0.29, 0.717) is 39.7 Å². The van der Waals surface area contributed by atoms with Gasteiger partial charge >= 0.3 is 0 Å². The van der Waals surface area contributed by atoms with Crippen LogP contribution in [0.25, 0.3) is 120 Å². The zero-order valence-electron chi connectivity index (χ0n) is 40.5. The summed E-state index contributed by atoms with van der Waals surface area (Å²) in [6, 6.07) is 44.3. The third-order valence-electron chi connectivity index (χ3n) is 10.8. The summed E-state index contributed by atoms with van der Waals surface area (Å²) in [5.74, 6) is 1.14. The number of furan rings is 1. The summed E-state index contributed by atoms with van der Waals surface area (Å²) in [5, 5.41) is 2.13. The lowest BCUT2D eigenvalue weighted by Crippen LogP contribution is -2.00. The van der Waals surface area contributed by atoms with Crippen molar-refractivity contribution < 1.29 is 16.8 Å². The Bertz CT molecular complexity index is 4120. The molecule has 0 amide bonds. The van der Waals surface area contributed by atoms with E-state index in [0.717, 1.165) is 55.5 Å². The predicted octanol–water partition coefficient (Wildman–Crippen LogP) is 15.3. The van der Waals surface area contributed by atoms with Crippen molar-refractivity contribution in [1.82, 2.24) is 15.0 Å². The van der Waals surface area contributed by atoms with E-state index in [9.17, 15) is 4.11 Å². The Kier molecular flexibility index (Phi) is 6.13. The quantitative estimate of drug-likeness (QED) is 0.168. The fourth-order valence-electron chi connectivity index (χ4n) is 7.85. The summed E-state index contributed by atoms with van der Waals surface area (Å²) in [6.07, 6.45) is 0. The molecule has 280 valence electrons. The average Bonchev–Trinajstić information content (AvgIpc) is 3.98. The number of hydrogen-bond donors (Lipinski definition) is 0. The van der Waals surface area contributed by atoms with Gasteiger partial charge in [-0.1, -0.05) is 176 Å². The summed E-state index contributed by atoms with van der Waals surface area (Å²) in [5.41, 5.74) is 8.19. The van der Waals surface area contributed by atoms with Crippen LogP contribution in [0.15, 0.2) is 204 Å². The molecule has 12 aromatic rings. The highest BCUT2D eigenvalue weighted by Crippen LogP contribution is 2.41. The number of hydrogen-bond acceptors (Lipinski definition) is 5. The molecule has 0 radical (unpaired) electrons. The molecule has 3 heterocycles. The molecule has 0 fully saturated rings. The zero-order chi connectivity index (χ0) is 47.4. The molecule has 0 unspecified atom stereocenters. The van der Waals surface area contributed by atoms with Crippen molar-refractivity contribution in [3.05, 3.63) is 200 Å². The van der Waals surface area contributed by atoms with Gasteiger partial charge in [-0.2, -0.15) is 0 Å². The van der Waals surface area contributed by atoms with E-state index < -0.39 is 24.2 Å². The number of thiophene rings is 1. The Hall–Kier alpha value is -7.73. The van der Waals surface area contributed by atoms with Gasteiger partial charge in [0.25, 0.3) is 0 Å². The van der Waals surface area contributed by atoms with E-state index in [1.807, 2.05) is 91.0 Å². The highest BCUT2D eigenvalue weighted by atomic mass is 32.1. The van der Waals surface area contributed by atoms with Crippen molar-refractivity contribution in [3.8, 4) is 67.5 Å². The number of nitrogens with zero attached hydrogens (tertiary/aromatic N) is 3. The fraction of sp³-hybridized carbons (Fsp3) is 0. The van der Waals surface area contributed by atoms with Crippen LogP contribution in [-0.2, 0) is 0 Å². The number of benzene rings is 9. The minimum absolute atomic E-state index is 0.0552. The molecular formula is C55H33N3OS. The maximum atomic E-state index is 9.57. The largest absolute Gasteiger partial charge is 0.455 e. The van der Waals surface area contributed by atoms with Gasteiger partial charge in [0.2, 0.25) is 0 Å². The van der Waals surface area contributed by atoms with Crippen LogP contribution < -0.4 is 0 Å². The van der Waals surface area contributed by atoms with Gasteiger partial charge in [-0.15, -0.1) is 11.3 Å². The van der Waals surface area contributed by atoms with Gasteiger partial charge in [0.05, 0.1) is 12.3 Å². The molecule has 0 saturated heterocycles. The van der Waals surface area contributed by atoms with Gasteiger partial charge in [-0.3, -0.25) is 0 Å². The van der Waals surface area contributed by atoms with E-state index >= 15 is 0 Å². The lowest BCUT2D eigenvalue weighted by Gasteiger charge is -2.10. The molecule has 0 spiro atoms. The summed E-state index contributed by atoms with van der Waals surface area (Å²) in [6.45, 7) is 0. The first-order chi connectivity index (χ1) is 33.5. The van der Waals surface area contributed by atoms with E-state index in [4.69, 9.17) is 27.6 Å². The third-order valence-corrected chi connectivity index (χ3v) is 11.9. The molecule has 0 aliphatic carbocycles. The van der Waals surface area contributed by atoms with E-state index in [-0.39, 0.29) is 66.7 Å². The van der Waals surface area contributed by atoms with Crippen molar-refractivity contribution in [2.45, 2.75) is 0 Å². The van der Waals surface area contributed by atoms with Gasteiger partial charge in [0, 0.05) is 53.2 Å². The molecule has 0 aliphatic rings. The minimum atomic E-state index is -0.512. The van der Waals surface area contributed by atoms with Crippen molar-refractivity contribution >= 4 is 64.2 Å². The smallest absolute Gasteiger partial charge is 0.164 e. The van der Waals surface area contributed by atoms with Crippen LogP contribution >= 0.6 is 11.3 Å². The summed E-state index contributed by atoms with van der Waals surface area (Å²) < 4.78 is 87.1. The van der Waals surface area contributed by atoms with Crippen LogP contribution in [0.5, 0.6) is 0 Å². The van der Waals surface area contributed by atoms with Crippen LogP contribution in [0.1, 0.15) is 12.3 Å². The van der Waals surface area contributed by atoms with Gasteiger partial charge in [-0.05, 0) is 62.8 Å². The normalized spacial score (nSPS) is 13.8.